The highest BCUT2D eigenvalue weighted by Gasteiger charge is 2.34. The van der Waals surface area contributed by atoms with Crippen molar-refractivity contribution in [2.45, 2.75) is 44.3 Å². The zero-order chi connectivity index (χ0) is 23.8. The summed E-state index contributed by atoms with van der Waals surface area (Å²) >= 11 is 12.9. The van der Waals surface area contributed by atoms with Crippen molar-refractivity contribution < 1.29 is 14.5 Å². The summed E-state index contributed by atoms with van der Waals surface area (Å²) in [4.78, 5) is 2.18. The van der Waals surface area contributed by atoms with Crippen molar-refractivity contribution >= 4 is 34.9 Å². The van der Waals surface area contributed by atoms with Crippen molar-refractivity contribution in [2.75, 3.05) is 18.0 Å². The lowest BCUT2D eigenvalue weighted by Gasteiger charge is -2.32. The highest BCUT2D eigenvalue weighted by molar-refractivity contribution is 6.39. The van der Waals surface area contributed by atoms with Crippen LogP contribution in [0, 0.1) is 0 Å². The van der Waals surface area contributed by atoms with E-state index in [9.17, 15) is 0 Å². The Morgan fingerprint density at radius 2 is 1.94 bits per heavy atom. The van der Waals surface area contributed by atoms with E-state index in [0.717, 1.165) is 55.9 Å². The lowest BCUT2D eigenvalue weighted by Crippen LogP contribution is -2.37. The van der Waals surface area contributed by atoms with Gasteiger partial charge >= 0.3 is 0 Å². The highest BCUT2D eigenvalue weighted by Crippen LogP contribution is 2.46. The summed E-state index contributed by atoms with van der Waals surface area (Å²) in [5, 5.41) is 21.9. The van der Waals surface area contributed by atoms with Gasteiger partial charge in [0.15, 0.2) is 11.7 Å². The first-order valence-corrected chi connectivity index (χ1v) is 12.0. The fourth-order valence-electron chi connectivity index (χ4n) is 4.40. The molecule has 34 heavy (non-hydrogen) atoms. The van der Waals surface area contributed by atoms with Gasteiger partial charge in [0.25, 0.3) is 0 Å². The second-order valence-electron chi connectivity index (χ2n) is 8.74. The van der Waals surface area contributed by atoms with E-state index < -0.39 is 0 Å². The van der Waals surface area contributed by atoms with Gasteiger partial charge in [-0.3, -0.25) is 4.68 Å². The SMILES string of the molecule is Cn1nc(N2CCC(OCc3c(-c4c(Cl)cccc4Cl)noc3C3CC3)CC2)cc1C(N)=NO. The molecule has 2 aliphatic rings. The third-order valence-electron chi connectivity index (χ3n) is 6.43. The van der Waals surface area contributed by atoms with Crippen LogP contribution in [-0.4, -0.2) is 45.2 Å². The van der Waals surface area contributed by atoms with Gasteiger partial charge in [0.1, 0.15) is 17.1 Å². The van der Waals surface area contributed by atoms with Crippen LogP contribution in [0.5, 0.6) is 0 Å². The number of aromatic nitrogens is 3. The Balaban J connectivity index is 1.27. The van der Waals surface area contributed by atoms with Crippen molar-refractivity contribution in [3.63, 3.8) is 0 Å². The number of rotatable bonds is 7. The number of benzene rings is 1. The maximum Gasteiger partial charge on any atom is 0.188 e. The smallest absolute Gasteiger partial charge is 0.188 e. The molecule has 1 aromatic carbocycles. The van der Waals surface area contributed by atoms with Crippen LogP contribution in [0.1, 0.15) is 48.6 Å². The monoisotopic (exact) mass is 504 g/mol. The number of ether oxygens (including phenoxy) is 1. The Labute approximate surface area is 207 Å². The molecular formula is C23H26Cl2N6O3. The molecule has 0 spiro atoms. The van der Waals surface area contributed by atoms with E-state index in [1.807, 2.05) is 12.1 Å². The Hall–Kier alpha value is -2.75. The zero-order valence-corrected chi connectivity index (χ0v) is 20.3. The van der Waals surface area contributed by atoms with Crippen molar-refractivity contribution in [1.82, 2.24) is 14.9 Å². The van der Waals surface area contributed by atoms with E-state index in [1.165, 1.54) is 0 Å². The minimum atomic E-state index is 0.0362. The van der Waals surface area contributed by atoms with Gasteiger partial charge in [-0.05, 0) is 37.8 Å². The lowest BCUT2D eigenvalue weighted by molar-refractivity contribution is 0.0245. The number of hydrogen-bond donors (Lipinski definition) is 2. The summed E-state index contributed by atoms with van der Waals surface area (Å²) < 4.78 is 13.7. The van der Waals surface area contributed by atoms with Crippen LogP contribution >= 0.6 is 23.2 Å². The number of amidine groups is 1. The molecule has 3 N–H and O–H groups in total. The first-order chi connectivity index (χ1) is 16.5. The predicted octanol–water partition coefficient (Wildman–Crippen LogP) is 4.54. The summed E-state index contributed by atoms with van der Waals surface area (Å²) in [6.45, 7) is 1.98. The summed E-state index contributed by atoms with van der Waals surface area (Å²) in [7, 11) is 1.77. The van der Waals surface area contributed by atoms with Gasteiger partial charge in [-0.2, -0.15) is 5.10 Å². The Kier molecular flexibility index (Phi) is 6.42. The van der Waals surface area contributed by atoms with Crippen molar-refractivity contribution in [3.8, 4) is 11.3 Å². The Morgan fingerprint density at radius 3 is 2.59 bits per heavy atom. The molecule has 0 amide bonds. The first kappa shape index (κ1) is 23.0. The molecule has 2 aromatic heterocycles. The number of halogens is 2. The molecule has 1 saturated heterocycles. The number of nitrogens with two attached hydrogens (primary N) is 1. The maximum absolute atomic E-state index is 8.95. The molecule has 1 aliphatic heterocycles. The molecule has 0 unspecified atom stereocenters. The second kappa shape index (κ2) is 9.48. The number of aryl methyl sites for hydroxylation is 1. The molecule has 1 saturated carbocycles. The fraction of sp³-hybridized carbons (Fsp3) is 0.435. The normalized spacial score (nSPS) is 17.5. The summed E-state index contributed by atoms with van der Waals surface area (Å²) in [6, 6.07) is 7.25. The van der Waals surface area contributed by atoms with Gasteiger partial charge in [0.2, 0.25) is 0 Å². The summed E-state index contributed by atoms with van der Waals surface area (Å²) in [5.74, 6) is 2.10. The topological polar surface area (TPSA) is 115 Å². The molecule has 9 nitrogen and oxygen atoms in total. The quantitative estimate of drug-likeness (QED) is 0.210. The Morgan fingerprint density at radius 1 is 1.24 bits per heavy atom. The van der Waals surface area contributed by atoms with Gasteiger partial charge in [-0.1, -0.05) is 39.6 Å². The average molecular weight is 505 g/mol. The number of nitrogens with zero attached hydrogens (tertiary/aromatic N) is 5. The van der Waals surface area contributed by atoms with E-state index in [4.69, 9.17) is 43.4 Å². The van der Waals surface area contributed by atoms with Crippen LogP contribution in [0.2, 0.25) is 10.0 Å². The molecule has 5 rings (SSSR count). The largest absolute Gasteiger partial charge is 0.409 e. The zero-order valence-electron chi connectivity index (χ0n) is 18.7. The lowest BCUT2D eigenvalue weighted by atomic mass is 10.0. The molecule has 0 bridgehead atoms. The third kappa shape index (κ3) is 4.47. The number of oxime groups is 1. The fourth-order valence-corrected chi connectivity index (χ4v) is 4.98. The predicted molar refractivity (Wildman–Crippen MR) is 130 cm³/mol. The minimum absolute atomic E-state index is 0.0362. The summed E-state index contributed by atoms with van der Waals surface area (Å²) in [5.41, 5.74) is 8.59. The Bertz CT molecular complexity index is 1190. The van der Waals surface area contributed by atoms with E-state index >= 15 is 0 Å². The molecule has 0 atom stereocenters. The van der Waals surface area contributed by atoms with Crippen molar-refractivity contribution in [2.24, 2.45) is 17.9 Å². The van der Waals surface area contributed by atoms with E-state index in [1.54, 1.807) is 23.9 Å². The molecule has 1 aliphatic carbocycles. The first-order valence-electron chi connectivity index (χ1n) is 11.3. The molecule has 3 aromatic rings. The van der Waals surface area contributed by atoms with Crippen LogP contribution in [0.3, 0.4) is 0 Å². The van der Waals surface area contributed by atoms with E-state index in [2.05, 4.69) is 20.3 Å². The number of hydrogen-bond acceptors (Lipinski definition) is 7. The van der Waals surface area contributed by atoms with Crippen molar-refractivity contribution in [3.05, 3.63) is 51.3 Å². The van der Waals surface area contributed by atoms with Crippen LogP contribution in [-0.2, 0) is 18.4 Å². The molecule has 2 fully saturated rings. The van der Waals surface area contributed by atoms with Crippen LogP contribution < -0.4 is 10.6 Å². The van der Waals surface area contributed by atoms with Gasteiger partial charge < -0.3 is 25.1 Å². The van der Waals surface area contributed by atoms with Gasteiger partial charge in [0.05, 0.1) is 22.8 Å². The van der Waals surface area contributed by atoms with E-state index in [-0.39, 0.29) is 11.9 Å². The highest BCUT2D eigenvalue weighted by atomic mass is 35.5. The molecule has 3 heterocycles. The van der Waals surface area contributed by atoms with Gasteiger partial charge in [-0.15, -0.1) is 0 Å². The van der Waals surface area contributed by atoms with Crippen LogP contribution in [0.25, 0.3) is 11.3 Å². The number of anilines is 1. The second-order valence-corrected chi connectivity index (χ2v) is 9.55. The standard InChI is InChI=1S/C23H26Cl2N6O3/c1-30-18(23(26)28-32)11-19(27-30)31-9-7-14(8-10-31)33-12-15-21(29-34-22(15)13-5-6-13)20-16(24)3-2-4-17(20)25/h2-4,11,13-14,32H,5-10,12H2,1H3,(H2,26,28). The average Bonchev–Trinajstić information content (AvgIpc) is 3.48. The molecule has 11 heteroatoms. The molecular weight excluding hydrogens is 479 g/mol. The minimum Gasteiger partial charge on any atom is -0.409 e. The van der Waals surface area contributed by atoms with Crippen LogP contribution in [0.15, 0.2) is 33.9 Å². The van der Waals surface area contributed by atoms with Crippen LogP contribution in [0.4, 0.5) is 5.82 Å². The maximum atomic E-state index is 8.95. The summed E-state index contributed by atoms with van der Waals surface area (Å²) in [6.07, 6.45) is 3.98. The van der Waals surface area contributed by atoms with E-state index in [0.29, 0.717) is 39.5 Å². The molecule has 180 valence electrons. The third-order valence-corrected chi connectivity index (χ3v) is 7.06. The van der Waals surface area contributed by atoms with Gasteiger partial charge in [0, 0.05) is 43.2 Å². The molecule has 0 radical (unpaired) electrons. The van der Waals surface area contributed by atoms with Crippen molar-refractivity contribution in [1.29, 1.82) is 0 Å². The van der Waals surface area contributed by atoms with Gasteiger partial charge in [-0.25, -0.2) is 0 Å². The number of piperidine rings is 1.